The Hall–Kier alpha value is -1.62. The van der Waals surface area contributed by atoms with Gasteiger partial charge >= 0.3 is 0 Å². The number of nitro groups is 1. The van der Waals surface area contributed by atoms with Crippen LogP contribution in [0, 0.1) is 17.0 Å². The zero-order valence-corrected chi connectivity index (χ0v) is 12.5. The predicted octanol–water partition coefficient (Wildman–Crippen LogP) is 3.38. The first-order chi connectivity index (χ1) is 9.52. The summed E-state index contributed by atoms with van der Waals surface area (Å²) in [6.07, 6.45) is 1.80. The molecule has 20 heavy (non-hydrogen) atoms. The molecule has 5 nitrogen and oxygen atoms in total. The summed E-state index contributed by atoms with van der Waals surface area (Å²) in [5.74, 6) is -0.00122. The maximum Gasteiger partial charge on any atom is 0.282 e. The van der Waals surface area contributed by atoms with E-state index in [1.165, 1.54) is 6.07 Å². The van der Waals surface area contributed by atoms with Gasteiger partial charge in [0.25, 0.3) is 11.6 Å². The Kier molecular flexibility index (Phi) is 6.45. The molecular weight excluding hydrogens is 280 g/mol. The molecule has 0 saturated carbocycles. The largest absolute Gasteiger partial charge is 0.337 e. The van der Waals surface area contributed by atoms with E-state index in [9.17, 15) is 14.9 Å². The molecule has 110 valence electrons. The smallest absolute Gasteiger partial charge is 0.282 e. The number of carbonyl (C=O) groups is 1. The van der Waals surface area contributed by atoms with Crippen molar-refractivity contribution in [2.75, 3.05) is 19.0 Å². The fraction of sp³-hybridized carbons (Fsp3) is 0.500. The van der Waals surface area contributed by atoms with Crippen LogP contribution in [0.15, 0.2) is 18.2 Å². The third kappa shape index (κ3) is 3.93. The lowest BCUT2D eigenvalue weighted by atomic mass is 10.0. The third-order valence-electron chi connectivity index (χ3n) is 3.08. The highest BCUT2D eigenvalue weighted by Crippen LogP contribution is 2.23. The van der Waals surface area contributed by atoms with E-state index in [-0.39, 0.29) is 17.2 Å². The van der Waals surface area contributed by atoms with Gasteiger partial charge in [0, 0.05) is 25.0 Å². The predicted molar refractivity (Wildman–Crippen MR) is 79.4 cm³/mol. The molecule has 0 unspecified atom stereocenters. The van der Waals surface area contributed by atoms with Crippen molar-refractivity contribution in [2.24, 2.45) is 0 Å². The topological polar surface area (TPSA) is 63.5 Å². The summed E-state index contributed by atoms with van der Waals surface area (Å²) in [6.45, 7) is 4.69. The Balaban J connectivity index is 3.13. The molecular formula is C14H19ClN2O3. The lowest BCUT2D eigenvalue weighted by Gasteiger charge is -2.22. The molecule has 0 bridgehead atoms. The van der Waals surface area contributed by atoms with Gasteiger partial charge < -0.3 is 4.90 Å². The van der Waals surface area contributed by atoms with Gasteiger partial charge in [-0.25, -0.2) is 0 Å². The lowest BCUT2D eigenvalue weighted by molar-refractivity contribution is -0.385. The van der Waals surface area contributed by atoms with E-state index in [2.05, 4.69) is 0 Å². The van der Waals surface area contributed by atoms with Gasteiger partial charge in [-0.3, -0.25) is 14.9 Å². The number of amides is 1. The van der Waals surface area contributed by atoms with E-state index in [1.54, 1.807) is 24.0 Å². The van der Waals surface area contributed by atoms with Crippen molar-refractivity contribution in [1.82, 2.24) is 4.90 Å². The minimum Gasteiger partial charge on any atom is -0.337 e. The Morgan fingerprint density at radius 3 is 2.65 bits per heavy atom. The summed E-state index contributed by atoms with van der Waals surface area (Å²) in [5.41, 5.74) is 0.630. The third-order valence-corrected chi connectivity index (χ3v) is 3.25. The molecule has 0 aliphatic carbocycles. The first-order valence-electron chi connectivity index (χ1n) is 6.62. The van der Waals surface area contributed by atoms with E-state index in [1.807, 2.05) is 6.92 Å². The van der Waals surface area contributed by atoms with E-state index in [0.29, 0.717) is 24.5 Å². The van der Waals surface area contributed by atoms with Gasteiger partial charge in [-0.1, -0.05) is 25.5 Å². The number of hydrogen-bond acceptors (Lipinski definition) is 3. The highest BCUT2D eigenvalue weighted by atomic mass is 35.5. The average Bonchev–Trinajstić information content (AvgIpc) is 2.42. The van der Waals surface area contributed by atoms with Crippen LogP contribution < -0.4 is 0 Å². The second-order valence-electron chi connectivity index (χ2n) is 4.56. The van der Waals surface area contributed by atoms with Crippen LogP contribution in [0.4, 0.5) is 5.69 Å². The number of carbonyl (C=O) groups excluding carboxylic acids is 1. The molecule has 6 heteroatoms. The quantitative estimate of drug-likeness (QED) is 0.440. The van der Waals surface area contributed by atoms with Crippen LogP contribution in [0.5, 0.6) is 0 Å². The van der Waals surface area contributed by atoms with E-state index in [0.717, 1.165) is 12.8 Å². The molecule has 0 radical (unpaired) electrons. The SMILES string of the molecule is CCCCN(CCCl)C(=O)c1c(C)cccc1[N+](=O)[O-]. The van der Waals surface area contributed by atoms with Crippen LogP contribution in [-0.2, 0) is 0 Å². The number of unbranched alkanes of at least 4 members (excludes halogenated alkanes) is 1. The highest BCUT2D eigenvalue weighted by molar-refractivity contribution is 6.18. The molecule has 0 heterocycles. The standard InChI is InChI=1S/C14H19ClN2O3/c1-3-4-9-16(10-8-15)14(18)13-11(2)6-5-7-12(13)17(19)20/h5-7H,3-4,8-10H2,1-2H3. The van der Waals surface area contributed by atoms with Crippen LogP contribution >= 0.6 is 11.6 Å². The fourth-order valence-electron chi connectivity index (χ4n) is 2.01. The van der Waals surface area contributed by atoms with E-state index in [4.69, 9.17) is 11.6 Å². The second kappa shape index (κ2) is 7.85. The highest BCUT2D eigenvalue weighted by Gasteiger charge is 2.25. The summed E-state index contributed by atoms with van der Waals surface area (Å²) < 4.78 is 0. The molecule has 0 aliphatic heterocycles. The van der Waals surface area contributed by atoms with Gasteiger partial charge in [0.05, 0.1) is 4.92 Å². The minimum atomic E-state index is -0.515. The van der Waals surface area contributed by atoms with Crippen LogP contribution in [0.2, 0.25) is 0 Å². The van der Waals surface area contributed by atoms with Crippen LogP contribution in [0.3, 0.4) is 0 Å². The summed E-state index contributed by atoms with van der Waals surface area (Å²) in [6, 6.07) is 4.65. The monoisotopic (exact) mass is 298 g/mol. The fourth-order valence-corrected chi connectivity index (χ4v) is 2.21. The Morgan fingerprint density at radius 2 is 2.10 bits per heavy atom. The zero-order valence-electron chi connectivity index (χ0n) is 11.8. The number of halogens is 1. The van der Waals surface area contributed by atoms with Crippen LogP contribution in [0.25, 0.3) is 0 Å². The normalized spacial score (nSPS) is 10.3. The van der Waals surface area contributed by atoms with Crippen molar-refractivity contribution in [3.05, 3.63) is 39.4 Å². The van der Waals surface area contributed by atoms with E-state index < -0.39 is 4.92 Å². The van der Waals surface area contributed by atoms with Gasteiger partial charge in [0.2, 0.25) is 0 Å². The molecule has 1 rings (SSSR count). The molecule has 1 amide bonds. The molecule has 0 fully saturated rings. The van der Waals surface area contributed by atoms with E-state index >= 15 is 0 Å². The molecule has 0 aromatic heterocycles. The zero-order chi connectivity index (χ0) is 15.1. The Bertz CT molecular complexity index is 491. The number of nitrogens with zero attached hydrogens (tertiary/aromatic N) is 2. The summed E-state index contributed by atoms with van der Waals surface area (Å²) in [4.78, 5) is 24.7. The van der Waals surface area contributed by atoms with Crippen molar-refractivity contribution >= 4 is 23.2 Å². The molecule has 0 aliphatic rings. The maximum absolute atomic E-state index is 12.5. The second-order valence-corrected chi connectivity index (χ2v) is 4.94. The van der Waals surface area contributed by atoms with Gasteiger partial charge in [0.15, 0.2) is 0 Å². The summed E-state index contributed by atoms with van der Waals surface area (Å²) in [7, 11) is 0. The van der Waals surface area contributed by atoms with Gasteiger partial charge in [-0.05, 0) is 18.9 Å². The van der Waals surface area contributed by atoms with Gasteiger partial charge in [0.1, 0.15) is 5.56 Å². The van der Waals surface area contributed by atoms with Crippen molar-refractivity contribution < 1.29 is 9.72 Å². The molecule has 0 N–H and O–H groups in total. The number of rotatable bonds is 7. The van der Waals surface area contributed by atoms with Crippen molar-refractivity contribution in [3.63, 3.8) is 0 Å². The Labute approximate surface area is 123 Å². The van der Waals surface area contributed by atoms with Crippen molar-refractivity contribution in [2.45, 2.75) is 26.7 Å². The van der Waals surface area contributed by atoms with Crippen LogP contribution in [-0.4, -0.2) is 34.7 Å². The first-order valence-corrected chi connectivity index (χ1v) is 7.15. The molecule has 0 saturated heterocycles. The molecule has 1 aromatic rings. The summed E-state index contributed by atoms with van der Waals surface area (Å²) >= 11 is 5.72. The number of benzene rings is 1. The maximum atomic E-state index is 12.5. The lowest BCUT2D eigenvalue weighted by Crippen LogP contribution is -2.34. The average molecular weight is 299 g/mol. The number of nitro benzene ring substituents is 1. The Morgan fingerprint density at radius 1 is 1.40 bits per heavy atom. The minimum absolute atomic E-state index is 0.147. The van der Waals surface area contributed by atoms with Crippen molar-refractivity contribution in [1.29, 1.82) is 0 Å². The molecule has 0 atom stereocenters. The first kappa shape index (κ1) is 16.4. The molecule has 0 spiro atoms. The van der Waals surface area contributed by atoms with Gasteiger partial charge in [-0.15, -0.1) is 11.6 Å². The number of aryl methyl sites for hydroxylation is 1. The van der Waals surface area contributed by atoms with Crippen LogP contribution in [0.1, 0.15) is 35.7 Å². The van der Waals surface area contributed by atoms with Gasteiger partial charge in [-0.2, -0.15) is 0 Å². The molecule has 1 aromatic carbocycles. The number of alkyl halides is 1. The number of hydrogen-bond donors (Lipinski definition) is 0. The summed E-state index contributed by atoms with van der Waals surface area (Å²) in [5, 5.41) is 11.1. The van der Waals surface area contributed by atoms with Crippen molar-refractivity contribution in [3.8, 4) is 0 Å².